The zero-order chi connectivity index (χ0) is 14.0. The molecule has 0 N–H and O–H groups in total. The molecule has 0 aliphatic heterocycles. The van der Waals surface area contributed by atoms with E-state index in [0.29, 0.717) is 27.8 Å². The molecule has 98 valence electrons. The van der Waals surface area contributed by atoms with Crippen LogP contribution in [-0.4, -0.2) is 26.2 Å². The highest BCUT2D eigenvalue weighted by molar-refractivity contribution is 6.10. The Balaban J connectivity index is 2.82. The molecule has 2 aliphatic rings. The average Bonchev–Trinajstić information content (AvgIpc) is 2.58. The van der Waals surface area contributed by atoms with Crippen molar-refractivity contribution in [1.82, 2.24) is 0 Å². The van der Waals surface area contributed by atoms with Crippen LogP contribution in [0.25, 0.3) is 11.1 Å². The summed E-state index contributed by atoms with van der Waals surface area (Å²) in [4.78, 5) is 23.8. The van der Waals surface area contributed by atoms with Gasteiger partial charge in [-0.15, -0.1) is 0 Å². The maximum atomic E-state index is 11.9. The number of carbonyl (C=O) groups excluding carboxylic acids is 2. The Kier molecular flexibility index (Phi) is 3.51. The number of fused-ring (bicyclic) bond motifs is 1. The minimum Gasteiger partial charge on any atom is -0.465 e. The highest BCUT2D eigenvalue weighted by Gasteiger charge is 2.28. The highest BCUT2D eigenvalue weighted by atomic mass is 16.5. The summed E-state index contributed by atoms with van der Waals surface area (Å²) in [6.45, 7) is 1.72. The van der Waals surface area contributed by atoms with E-state index in [1.165, 1.54) is 14.2 Å². The molecular weight excluding hydrogens is 244 g/mol. The van der Waals surface area contributed by atoms with Gasteiger partial charge in [-0.1, -0.05) is 30.3 Å². The second-order valence-corrected chi connectivity index (χ2v) is 4.10. The number of rotatable bonds is 2. The predicted molar refractivity (Wildman–Crippen MR) is 70.5 cm³/mol. The fourth-order valence-electron chi connectivity index (χ4n) is 2.24. The summed E-state index contributed by atoms with van der Waals surface area (Å²) < 4.78 is 9.58. The lowest BCUT2D eigenvalue weighted by Gasteiger charge is -2.00. The maximum Gasteiger partial charge on any atom is 0.338 e. The molecule has 0 spiro atoms. The van der Waals surface area contributed by atoms with Crippen molar-refractivity contribution in [2.45, 2.75) is 6.92 Å². The minimum absolute atomic E-state index is 0.411. The quantitative estimate of drug-likeness (QED) is 0.777. The van der Waals surface area contributed by atoms with E-state index in [9.17, 15) is 9.59 Å². The molecule has 0 saturated carbocycles. The largest absolute Gasteiger partial charge is 0.465 e. The summed E-state index contributed by atoms with van der Waals surface area (Å²) in [7, 11) is 2.64. The van der Waals surface area contributed by atoms with Crippen LogP contribution in [-0.2, 0) is 9.47 Å². The van der Waals surface area contributed by atoms with E-state index in [4.69, 9.17) is 9.47 Å². The number of methoxy groups -OCH3 is 2. The highest BCUT2D eigenvalue weighted by Crippen LogP contribution is 2.36. The van der Waals surface area contributed by atoms with Crippen LogP contribution >= 0.6 is 0 Å². The van der Waals surface area contributed by atoms with E-state index >= 15 is 0 Å². The van der Waals surface area contributed by atoms with Crippen LogP contribution in [0.5, 0.6) is 0 Å². The molecule has 0 amide bonds. The second-order valence-electron chi connectivity index (χ2n) is 4.10. The lowest BCUT2D eigenvalue weighted by atomic mass is 10.1. The van der Waals surface area contributed by atoms with Gasteiger partial charge in [-0.05, 0) is 23.6 Å². The molecule has 2 rings (SSSR count). The zero-order valence-electron chi connectivity index (χ0n) is 11.0. The second kappa shape index (κ2) is 5.10. The summed E-state index contributed by atoms with van der Waals surface area (Å²) in [5.41, 5.74) is 2.78. The van der Waals surface area contributed by atoms with E-state index < -0.39 is 11.9 Å². The van der Waals surface area contributed by atoms with Crippen LogP contribution in [0.2, 0.25) is 0 Å². The van der Waals surface area contributed by atoms with Crippen molar-refractivity contribution in [2.75, 3.05) is 14.2 Å². The Hall–Kier alpha value is -2.36. The zero-order valence-corrected chi connectivity index (χ0v) is 11.0. The summed E-state index contributed by atoms with van der Waals surface area (Å²) in [5.74, 6) is -0.910. The molecule has 19 heavy (non-hydrogen) atoms. The van der Waals surface area contributed by atoms with Crippen molar-refractivity contribution in [2.24, 2.45) is 0 Å². The van der Waals surface area contributed by atoms with Crippen molar-refractivity contribution >= 4 is 11.9 Å². The van der Waals surface area contributed by atoms with E-state index in [-0.39, 0.29) is 0 Å². The number of ether oxygens (including phenoxy) is 2. The maximum absolute atomic E-state index is 11.9. The summed E-state index contributed by atoms with van der Waals surface area (Å²) in [5, 5.41) is 0. The average molecular weight is 258 g/mol. The van der Waals surface area contributed by atoms with Gasteiger partial charge in [0.1, 0.15) is 0 Å². The third kappa shape index (κ3) is 2.05. The molecule has 0 saturated heterocycles. The smallest absolute Gasteiger partial charge is 0.338 e. The summed E-state index contributed by atoms with van der Waals surface area (Å²) >= 11 is 0. The van der Waals surface area contributed by atoms with Gasteiger partial charge in [-0.3, -0.25) is 0 Å². The normalized spacial score (nSPS) is 10.3. The molecule has 0 radical (unpaired) electrons. The first-order valence-electron chi connectivity index (χ1n) is 5.79. The number of carbonyl (C=O) groups is 2. The Morgan fingerprint density at radius 2 is 1.26 bits per heavy atom. The van der Waals surface area contributed by atoms with Crippen molar-refractivity contribution in [3.8, 4) is 11.1 Å². The van der Waals surface area contributed by atoms with Gasteiger partial charge in [0.05, 0.1) is 25.3 Å². The fraction of sp³-hybridized carbons (Fsp3) is 0.200. The summed E-state index contributed by atoms with van der Waals surface area (Å²) in [6.07, 6.45) is 0. The number of hydrogen-bond acceptors (Lipinski definition) is 4. The first-order valence-corrected chi connectivity index (χ1v) is 5.79. The van der Waals surface area contributed by atoms with Gasteiger partial charge < -0.3 is 9.47 Å². The van der Waals surface area contributed by atoms with Crippen LogP contribution in [0.1, 0.15) is 26.3 Å². The predicted octanol–water partition coefficient (Wildman–Crippen LogP) is 2.67. The van der Waals surface area contributed by atoms with Gasteiger partial charge in [0.2, 0.25) is 0 Å². The number of hydrogen-bond donors (Lipinski definition) is 0. The summed E-state index contributed by atoms with van der Waals surface area (Å²) in [6, 6.07) is 9.05. The van der Waals surface area contributed by atoms with E-state index in [0.717, 1.165) is 0 Å². The van der Waals surface area contributed by atoms with Crippen LogP contribution < -0.4 is 0 Å². The van der Waals surface area contributed by atoms with Crippen molar-refractivity contribution in [1.29, 1.82) is 0 Å². The standard InChI is InChI=1S/C15H14O4/c1-9-12(14(16)18-2)10-7-5-4-6-8-11(10)13(9)15(17)19-3/h4-8H,1-3H3. The molecule has 2 aliphatic carbocycles. The lowest BCUT2D eigenvalue weighted by molar-refractivity contribution is 0.0600. The van der Waals surface area contributed by atoms with Gasteiger partial charge in [0.25, 0.3) is 0 Å². The van der Waals surface area contributed by atoms with Gasteiger partial charge in [0, 0.05) is 0 Å². The van der Waals surface area contributed by atoms with Gasteiger partial charge >= 0.3 is 11.9 Å². The van der Waals surface area contributed by atoms with E-state index in [1.54, 1.807) is 19.1 Å². The first-order chi connectivity index (χ1) is 9.11. The molecule has 4 nitrogen and oxygen atoms in total. The molecule has 0 atom stereocenters. The van der Waals surface area contributed by atoms with Crippen molar-refractivity contribution in [3.63, 3.8) is 0 Å². The first kappa shape index (κ1) is 13.1. The Morgan fingerprint density at radius 1 is 0.842 bits per heavy atom. The fourth-order valence-corrected chi connectivity index (χ4v) is 2.24. The SMILES string of the molecule is COC(=O)c1c2cccccc-2c(C(=O)OC)c1C. The molecule has 4 heteroatoms. The van der Waals surface area contributed by atoms with E-state index in [1.807, 2.05) is 18.2 Å². The topological polar surface area (TPSA) is 52.6 Å². The molecule has 0 aromatic rings. The lowest BCUT2D eigenvalue weighted by Crippen LogP contribution is -2.05. The Labute approximate surface area is 111 Å². The van der Waals surface area contributed by atoms with Gasteiger partial charge in [-0.25, -0.2) is 9.59 Å². The van der Waals surface area contributed by atoms with Crippen LogP contribution in [0.4, 0.5) is 0 Å². The molecule has 0 unspecified atom stereocenters. The number of esters is 2. The molecule has 0 aromatic heterocycles. The van der Waals surface area contributed by atoms with Crippen molar-refractivity contribution < 1.29 is 19.1 Å². The minimum atomic E-state index is -0.455. The molecule has 0 bridgehead atoms. The molecule has 0 aromatic carbocycles. The van der Waals surface area contributed by atoms with Crippen LogP contribution in [0.3, 0.4) is 0 Å². The van der Waals surface area contributed by atoms with Gasteiger partial charge in [0.15, 0.2) is 0 Å². The molecule has 0 fully saturated rings. The third-order valence-electron chi connectivity index (χ3n) is 3.11. The Bertz CT molecular complexity index is 565. The van der Waals surface area contributed by atoms with Gasteiger partial charge in [-0.2, -0.15) is 0 Å². The van der Waals surface area contributed by atoms with Crippen LogP contribution in [0, 0.1) is 6.92 Å². The van der Waals surface area contributed by atoms with Crippen LogP contribution in [0.15, 0.2) is 30.3 Å². The van der Waals surface area contributed by atoms with Crippen molar-refractivity contribution in [3.05, 3.63) is 47.0 Å². The Morgan fingerprint density at radius 3 is 1.63 bits per heavy atom. The molecule has 0 heterocycles. The molecular formula is C15H14O4. The third-order valence-corrected chi connectivity index (χ3v) is 3.11. The van der Waals surface area contributed by atoms with E-state index in [2.05, 4.69) is 0 Å². The monoisotopic (exact) mass is 258 g/mol.